The predicted octanol–water partition coefficient (Wildman–Crippen LogP) is 2.55. The molecule has 2 aromatic heterocycles. The summed E-state index contributed by atoms with van der Waals surface area (Å²) in [6.07, 6.45) is 9.18. The number of rotatable bonds is 7. The van der Waals surface area contributed by atoms with Crippen LogP contribution >= 0.6 is 0 Å². The second-order valence-electron chi connectivity index (χ2n) is 6.96. The first-order valence-electron chi connectivity index (χ1n) is 9.26. The van der Waals surface area contributed by atoms with Crippen LogP contribution in [-0.2, 0) is 17.9 Å². The van der Waals surface area contributed by atoms with Gasteiger partial charge in [-0.3, -0.25) is 14.7 Å². The molecule has 3 aromatic rings. The standard InChI is InChI=1S/C21H23N5O/c27-21-9-8-19(24-21)16-25(13-17-5-4-10-22-11-17)14-18-12-23-26(15-18)20-6-2-1-3-7-20/h1-7,10-12,15,19H,8-9,13-14,16H2,(H,24,27)/t19-/m0/s1. The van der Waals surface area contributed by atoms with Gasteiger partial charge in [-0.15, -0.1) is 0 Å². The Morgan fingerprint density at radius 2 is 1.93 bits per heavy atom. The molecule has 1 fully saturated rings. The third-order valence-corrected chi connectivity index (χ3v) is 4.76. The van der Waals surface area contributed by atoms with Gasteiger partial charge in [-0.05, 0) is 30.2 Å². The highest BCUT2D eigenvalue weighted by molar-refractivity contribution is 5.78. The molecule has 27 heavy (non-hydrogen) atoms. The first-order valence-corrected chi connectivity index (χ1v) is 9.26. The van der Waals surface area contributed by atoms with E-state index in [9.17, 15) is 4.79 Å². The van der Waals surface area contributed by atoms with Crippen LogP contribution in [0.15, 0.2) is 67.3 Å². The van der Waals surface area contributed by atoms with E-state index in [4.69, 9.17) is 0 Å². The number of para-hydroxylation sites is 1. The summed E-state index contributed by atoms with van der Waals surface area (Å²) in [4.78, 5) is 18.1. The maximum atomic E-state index is 11.6. The molecule has 0 unspecified atom stereocenters. The minimum Gasteiger partial charge on any atom is -0.352 e. The highest BCUT2D eigenvalue weighted by atomic mass is 16.1. The Morgan fingerprint density at radius 3 is 2.67 bits per heavy atom. The fraction of sp³-hybridized carbons (Fsp3) is 0.286. The molecule has 1 N–H and O–H groups in total. The largest absolute Gasteiger partial charge is 0.352 e. The first-order chi connectivity index (χ1) is 13.3. The van der Waals surface area contributed by atoms with Gasteiger partial charge in [-0.2, -0.15) is 5.10 Å². The van der Waals surface area contributed by atoms with Gasteiger partial charge in [0.25, 0.3) is 0 Å². The Bertz CT molecular complexity index is 878. The third kappa shape index (κ3) is 4.60. The zero-order chi connectivity index (χ0) is 18.5. The van der Waals surface area contributed by atoms with E-state index in [1.807, 2.05) is 53.5 Å². The van der Waals surface area contributed by atoms with Crippen molar-refractivity contribution in [2.45, 2.75) is 32.0 Å². The first kappa shape index (κ1) is 17.4. The number of nitrogens with zero attached hydrogens (tertiary/aromatic N) is 4. The highest BCUT2D eigenvalue weighted by Gasteiger charge is 2.23. The monoisotopic (exact) mass is 361 g/mol. The summed E-state index contributed by atoms with van der Waals surface area (Å²) >= 11 is 0. The average molecular weight is 361 g/mol. The molecule has 0 aliphatic carbocycles. The molecule has 1 saturated heterocycles. The van der Waals surface area contributed by atoms with Crippen molar-refractivity contribution in [3.8, 4) is 5.69 Å². The normalized spacial score (nSPS) is 16.6. The second kappa shape index (κ2) is 8.14. The SMILES string of the molecule is O=C1CC[C@@H](CN(Cc2cccnc2)Cc2cnn(-c3ccccc3)c2)N1. The van der Waals surface area contributed by atoms with Crippen LogP contribution in [0.25, 0.3) is 5.69 Å². The summed E-state index contributed by atoms with van der Waals surface area (Å²) in [6.45, 7) is 2.38. The van der Waals surface area contributed by atoms with Crippen LogP contribution in [0, 0.1) is 0 Å². The lowest BCUT2D eigenvalue weighted by molar-refractivity contribution is -0.119. The van der Waals surface area contributed by atoms with E-state index < -0.39 is 0 Å². The van der Waals surface area contributed by atoms with Crippen molar-refractivity contribution < 1.29 is 4.79 Å². The van der Waals surface area contributed by atoms with Crippen molar-refractivity contribution >= 4 is 5.91 Å². The molecule has 1 aliphatic heterocycles. The predicted molar refractivity (Wildman–Crippen MR) is 103 cm³/mol. The van der Waals surface area contributed by atoms with Crippen LogP contribution in [0.3, 0.4) is 0 Å². The molecule has 3 heterocycles. The van der Waals surface area contributed by atoms with E-state index >= 15 is 0 Å². The number of benzene rings is 1. The van der Waals surface area contributed by atoms with Gasteiger partial charge < -0.3 is 5.32 Å². The summed E-state index contributed by atoms with van der Waals surface area (Å²) in [6, 6.07) is 14.3. The van der Waals surface area contributed by atoms with E-state index in [-0.39, 0.29) is 11.9 Å². The van der Waals surface area contributed by atoms with Crippen molar-refractivity contribution in [3.63, 3.8) is 0 Å². The number of hydrogen-bond acceptors (Lipinski definition) is 4. The quantitative estimate of drug-likeness (QED) is 0.702. The molecular formula is C21H23N5O. The van der Waals surface area contributed by atoms with Gasteiger partial charge in [0.15, 0.2) is 0 Å². The Labute approximate surface area is 158 Å². The van der Waals surface area contributed by atoms with Gasteiger partial charge in [0, 0.05) is 56.3 Å². The fourth-order valence-electron chi connectivity index (χ4n) is 3.48. The molecule has 1 aliphatic rings. The third-order valence-electron chi connectivity index (χ3n) is 4.76. The number of pyridine rings is 1. The van der Waals surface area contributed by atoms with Gasteiger partial charge in [-0.25, -0.2) is 4.68 Å². The fourth-order valence-corrected chi connectivity index (χ4v) is 3.48. The van der Waals surface area contributed by atoms with Crippen molar-refractivity contribution in [2.24, 2.45) is 0 Å². The van der Waals surface area contributed by atoms with E-state index in [2.05, 4.69) is 32.6 Å². The lowest BCUT2D eigenvalue weighted by atomic mass is 10.2. The van der Waals surface area contributed by atoms with Gasteiger partial charge >= 0.3 is 0 Å². The number of amides is 1. The molecule has 138 valence electrons. The smallest absolute Gasteiger partial charge is 0.220 e. The van der Waals surface area contributed by atoms with Crippen LogP contribution in [-0.4, -0.2) is 38.2 Å². The second-order valence-corrected chi connectivity index (χ2v) is 6.96. The summed E-state index contributed by atoms with van der Waals surface area (Å²) in [7, 11) is 0. The molecule has 1 amide bonds. The maximum Gasteiger partial charge on any atom is 0.220 e. The van der Waals surface area contributed by atoms with Crippen molar-refractivity contribution in [1.29, 1.82) is 0 Å². The minimum absolute atomic E-state index is 0.151. The lowest BCUT2D eigenvalue weighted by Gasteiger charge is -2.25. The van der Waals surface area contributed by atoms with Crippen LogP contribution in [0.5, 0.6) is 0 Å². The van der Waals surface area contributed by atoms with Crippen molar-refractivity contribution in [3.05, 3.63) is 78.4 Å². The molecule has 6 nitrogen and oxygen atoms in total. The molecule has 0 bridgehead atoms. The molecule has 1 atom stereocenters. The zero-order valence-electron chi connectivity index (χ0n) is 15.2. The zero-order valence-corrected chi connectivity index (χ0v) is 15.2. The maximum absolute atomic E-state index is 11.6. The van der Waals surface area contributed by atoms with E-state index in [0.717, 1.165) is 42.9 Å². The molecule has 1 aromatic carbocycles. The number of carbonyl (C=O) groups excluding carboxylic acids is 1. The average Bonchev–Trinajstić information content (AvgIpc) is 3.32. The number of hydrogen-bond donors (Lipinski definition) is 1. The molecule has 0 spiro atoms. The number of nitrogens with one attached hydrogen (secondary N) is 1. The van der Waals surface area contributed by atoms with E-state index in [1.54, 1.807) is 6.20 Å². The van der Waals surface area contributed by atoms with Gasteiger partial charge in [0.05, 0.1) is 11.9 Å². The number of aromatic nitrogens is 3. The minimum atomic E-state index is 0.151. The Morgan fingerprint density at radius 1 is 1.07 bits per heavy atom. The molecule has 0 radical (unpaired) electrons. The van der Waals surface area contributed by atoms with Crippen LogP contribution in [0.2, 0.25) is 0 Å². The Kier molecular flexibility index (Phi) is 5.25. The van der Waals surface area contributed by atoms with E-state index in [1.165, 1.54) is 0 Å². The number of carbonyl (C=O) groups is 1. The summed E-state index contributed by atoms with van der Waals surface area (Å²) < 4.78 is 1.90. The van der Waals surface area contributed by atoms with Gasteiger partial charge in [-0.1, -0.05) is 24.3 Å². The van der Waals surface area contributed by atoms with Crippen molar-refractivity contribution in [2.75, 3.05) is 6.54 Å². The topological polar surface area (TPSA) is 63.1 Å². The summed E-state index contributed by atoms with van der Waals surface area (Å²) in [5, 5.41) is 7.57. The van der Waals surface area contributed by atoms with Crippen LogP contribution < -0.4 is 5.32 Å². The van der Waals surface area contributed by atoms with Gasteiger partial charge in [0.2, 0.25) is 5.91 Å². The van der Waals surface area contributed by atoms with Gasteiger partial charge in [0.1, 0.15) is 0 Å². The molecular weight excluding hydrogens is 338 g/mol. The van der Waals surface area contributed by atoms with E-state index in [0.29, 0.717) is 6.42 Å². The van der Waals surface area contributed by atoms with Crippen molar-refractivity contribution in [1.82, 2.24) is 25.0 Å². The molecule has 0 saturated carbocycles. The highest BCUT2D eigenvalue weighted by Crippen LogP contribution is 2.15. The van der Waals surface area contributed by atoms with Crippen LogP contribution in [0.4, 0.5) is 0 Å². The van der Waals surface area contributed by atoms with Crippen LogP contribution in [0.1, 0.15) is 24.0 Å². The molecule has 4 rings (SSSR count). The summed E-state index contributed by atoms with van der Waals surface area (Å²) in [5.74, 6) is 0.151. The lowest BCUT2D eigenvalue weighted by Crippen LogP contribution is -2.38. The Balaban J connectivity index is 1.48. The molecule has 6 heteroatoms. The summed E-state index contributed by atoms with van der Waals surface area (Å²) in [5.41, 5.74) is 3.36. The Hall–Kier alpha value is -2.99.